The average molecular weight is 271 g/mol. The molecule has 6 nitrogen and oxygen atoms in total. The standard InChI is InChI=1S/C11H17N3O3S/c1-11(17,9(15)16)8-13-3-5-14(6-4-13)10-12-2-7-18-10/h2,7,17H,3-6,8H2,1H3,(H,15,16). The number of carbonyl (C=O) groups is 1. The maximum atomic E-state index is 10.9. The van der Waals surface area contributed by atoms with E-state index in [4.69, 9.17) is 5.11 Å². The van der Waals surface area contributed by atoms with Crippen molar-refractivity contribution in [2.75, 3.05) is 37.6 Å². The second-order valence-electron chi connectivity index (χ2n) is 4.66. The lowest BCUT2D eigenvalue weighted by Crippen LogP contribution is -2.53. The van der Waals surface area contributed by atoms with Crippen molar-refractivity contribution in [2.45, 2.75) is 12.5 Å². The Kier molecular flexibility index (Phi) is 3.84. The summed E-state index contributed by atoms with van der Waals surface area (Å²) in [5.74, 6) is -1.18. The third kappa shape index (κ3) is 2.98. The number of carboxylic acids is 1. The molecule has 0 bridgehead atoms. The van der Waals surface area contributed by atoms with Gasteiger partial charge in [-0.05, 0) is 6.92 Å². The Hall–Kier alpha value is -1.18. The van der Waals surface area contributed by atoms with E-state index < -0.39 is 11.6 Å². The van der Waals surface area contributed by atoms with Gasteiger partial charge < -0.3 is 15.1 Å². The first-order valence-corrected chi connectivity index (χ1v) is 6.69. The van der Waals surface area contributed by atoms with E-state index in [9.17, 15) is 9.90 Å². The molecule has 0 aromatic carbocycles. The molecular weight excluding hydrogens is 254 g/mol. The van der Waals surface area contributed by atoms with Crippen LogP contribution in [0.3, 0.4) is 0 Å². The first-order valence-electron chi connectivity index (χ1n) is 5.81. The van der Waals surface area contributed by atoms with Crippen LogP contribution in [0.5, 0.6) is 0 Å². The summed E-state index contributed by atoms with van der Waals surface area (Å²) >= 11 is 1.60. The van der Waals surface area contributed by atoms with E-state index in [-0.39, 0.29) is 6.54 Å². The minimum absolute atomic E-state index is 0.161. The van der Waals surface area contributed by atoms with Crippen molar-refractivity contribution in [3.8, 4) is 0 Å². The molecule has 0 saturated carbocycles. The number of carboxylic acid groups (broad SMARTS) is 1. The van der Waals surface area contributed by atoms with Crippen molar-refractivity contribution in [3.05, 3.63) is 11.6 Å². The topological polar surface area (TPSA) is 76.9 Å². The number of aliphatic hydroxyl groups is 1. The lowest BCUT2D eigenvalue weighted by atomic mass is 10.1. The van der Waals surface area contributed by atoms with E-state index in [1.165, 1.54) is 6.92 Å². The first-order chi connectivity index (χ1) is 8.49. The zero-order valence-corrected chi connectivity index (χ0v) is 11.1. The van der Waals surface area contributed by atoms with Crippen molar-refractivity contribution >= 4 is 22.4 Å². The fourth-order valence-corrected chi connectivity index (χ4v) is 2.67. The molecule has 0 radical (unpaired) electrons. The second kappa shape index (κ2) is 5.21. The predicted octanol–water partition coefficient (Wildman–Crippen LogP) is 0.101. The molecule has 0 aliphatic carbocycles. The van der Waals surface area contributed by atoms with Gasteiger partial charge in [0.05, 0.1) is 0 Å². The molecule has 0 amide bonds. The lowest BCUT2D eigenvalue weighted by Gasteiger charge is -2.36. The number of thiazole rings is 1. The minimum atomic E-state index is -1.68. The lowest BCUT2D eigenvalue weighted by molar-refractivity contribution is -0.158. The normalized spacial score (nSPS) is 20.7. The molecule has 2 heterocycles. The van der Waals surface area contributed by atoms with Gasteiger partial charge >= 0.3 is 5.97 Å². The third-order valence-electron chi connectivity index (χ3n) is 3.05. The highest BCUT2D eigenvalue weighted by atomic mass is 32.1. The predicted molar refractivity (Wildman–Crippen MR) is 69.0 cm³/mol. The van der Waals surface area contributed by atoms with E-state index in [1.807, 2.05) is 10.3 Å². The van der Waals surface area contributed by atoms with Gasteiger partial charge in [0.25, 0.3) is 0 Å². The number of rotatable bonds is 4. The van der Waals surface area contributed by atoms with Crippen LogP contribution in [-0.2, 0) is 4.79 Å². The fourth-order valence-electron chi connectivity index (χ4n) is 1.97. The molecule has 2 N–H and O–H groups in total. The van der Waals surface area contributed by atoms with E-state index in [0.29, 0.717) is 0 Å². The van der Waals surface area contributed by atoms with E-state index in [0.717, 1.165) is 31.3 Å². The smallest absolute Gasteiger partial charge is 0.336 e. The largest absolute Gasteiger partial charge is 0.479 e. The third-order valence-corrected chi connectivity index (χ3v) is 3.89. The average Bonchev–Trinajstić information content (AvgIpc) is 2.83. The molecule has 1 aromatic rings. The summed E-state index contributed by atoms with van der Waals surface area (Å²) in [5.41, 5.74) is -1.68. The fraction of sp³-hybridized carbons (Fsp3) is 0.636. The Morgan fingerprint density at radius 3 is 2.67 bits per heavy atom. The molecule has 1 saturated heterocycles. The summed E-state index contributed by atoms with van der Waals surface area (Å²) in [6, 6.07) is 0. The summed E-state index contributed by atoms with van der Waals surface area (Å²) in [6.07, 6.45) is 1.78. The van der Waals surface area contributed by atoms with Crippen LogP contribution in [0.25, 0.3) is 0 Å². The van der Waals surface area contributed by atoms with Gasteiger partial charge in [0.1, 0.15) is 0 Å². The quantitative estimate of drug-likeness (QED) is 0.809. The summed E-state index contributed by atoms with van der Waals surface area (Å²) in [4.78, 5) is 19.2. The summed E-state index contributed by atoms with van der Waals surface area (Å²) in [7, 11) is 0. The SMILES string of the molecule is CC(O)(CN1CCN(c2nccs2)CC1)C(=O)O. The first kappa shape index (κ1) is 13.3. The number of piperazine rings is 1. The van der Waals surface area contributed by atoms with Gasteiger partial charge in [0, 0.05) is 44.3 Å². The van der Waals surface area contributed by atoms with Crippen LogP contribution >= 0.6 is 11.3 Å². The van der Waals surface area contributed by atoms with Crippen LogP contribution in [0.1, 0.15) is 6.92 Å². The highest BCUT2D eigenvalue weighted by Crippen LogP contribution is 2.19. The molecule has 2 rings (SSSR count). The van der Waals surface area contributed by atoms with Crippen molar-refractivity contribution in [3.63, 3.8) is 0 Å². The van der Waals surface area contributed by atoms with Crippen LogP contribution in [0.2, 0.25) is 0 Å². The Morgan fingerprint density at radius 1 is 1.50 bits per heavy atom. The number of hydrogen-bond donors (Lipinski definition) is 2. The molecule has 1 unspecified atom stereocenters. The van der Waals surface area contributed by atoms with Crippen molar-refractivity contribution in [1.82, 2.24) is 9.88 Å². The van der Waals surface area contributed by atoms with Gasteiger partial charge in [-0.3, -0.25) is 4.90 Å². The second-order valence-corrected chi connectivity index (χ2v) is 5.53. The molecule has 1 aliphatic heterocycles. The zero-order valence-electron chi connectivity index (χ0n) is 10.2. The van der Waals surface area contributed by atoms with Crippen molar-refractivity contribution in [2.24, 2.45) is 0 Å². The molecule has 0 spiro atoms. The summed E-state index contributed by atoms with van der Waals surface area (Å²) in [6.45, 7) is 4.59. The maximum Gasteiger partial charge on any atom is 0.336 e. The zero-order chi connectivity index (χ0) is 13.2. The number of aromatic nitrogens is 1. The minimum Gasteiger partial charge on any atom is -0.479 e. The number of aliphatic carboxylic acids is 1. The van der Waals surface area contributed by atoms with Gasteiger partial charge in [-0.15, -0.1) is 11.3 Å². The van der Waals surface area contributed by atoms with Crippen LogP contribution in [-0.4, -0.2) is 64.4 Å². The molecule has 18 heavy (non-hydrogen) atoms. The highest BCUT2D eigenvalue weighted by molar-refractivity contribution is 7.13. The summed E-state index contributed by atoms with van der Waals surface area (Å²) in [5, 5.41) is 21.5. The van der Waals surface area contributed by atoms with Gasteiger partial charge in [-0.1, -0.05) is 0 Å². The molecule has 100 valence electrons. The van der Waals surface area contributed by atoms with Crippen LogP contribution < -0.4 is 4.90 Å². The Balaban J connectivity index is 1.86. The van der Waals surface area contributed by atoms with Crippen molar-refractivity contribution in [1.29, 1.82) is 0 Å². The van der Waals surface area contributed by atoms with Crippen LogP contribution in [0, 0.1) is 0 Å². The number of hydrogen-bond acceptors (Lipinski definition) is 6. The molecule has 1 aliphatic rings. The number of nitrogens with zero attached hydrogens (tertiary/aromatic N) is 3. The van der Waals surface area contributed by atoms with Crippen molar-refractivity contribution < 1.29 is 15.0 Å². The molecular formula is C11H17N3O3S. The number of anilines is 1. The Labute approximate surface area is 109 Å². The van der Waals surface area contributed by atoms with Gasteiger partial charge in [0.2, 0.25) is 0 Å². The van der Waals surface area contributed by atoms with E-state index in [2.05, 4.69) is 9.88 Å². The molecule has 7 heteroatoms. The van der Waals surface area contributed by atoms with E-state index >= 15 is 0 Å². The molecule has 1 atom stereocenters. The van der Waals surface area contributed by atoms with Crippen LogP contribution in [0.15, 0.2) is 11.6 Å². The Morgan fingerprint density at radius 2 is 2.17 bits per heavy atom. The number of β-amino-alcohol motifs (C(OH)–C–C–N with tert-alkyl or cyclic N) is 1. The van der Waals surface area contributed by atoms with Gasteiger partial charge in [-0.2, -0.15) is 0 Å². The monoisotopic (exact) mass is 271 g/mol. The molecule has 1 aromatic heterocycles. The van der Waals surface area contributed by atoms with Gasteiger partial charge in [0.15, 0.2) is 10.7 Å². The maximum absolute atomic E-state index is 10.9. The van der Waals surface area contributed by atoms with Gasteiger partial charge in [-0.25, -0.2) is 9.78 Å². The molecule has 1 fully saturated rings. The van der Waals surface area contributed by atoms with Crippen LogP contribution in [0.4, 0.5) is 5.13 Å². The Bertz CT molecular complexity index is 400. The summed E-state index contributed by atoms with van der Waals surface area (Å²) < 4.78 is 0. The van der Waals surface area contributed by atoms with E-state index in [1.54, 1.807) is 17.5 Å². The highest BCUT2D eigenvalue weighted by Gasteiger charge is 2.33.